The van der Waals surface area contributed by atoms with Gasteiger partial charge in [0.2, 0.25) is 0 Å². The molecule has 1 amide bonds. The van der Waals surface area contributed by atoms with Gasteiger partial charge < -0.3 is 19.9 Å². The fraction of sp³-hybridized carbons (Fsp3) is 0.375. The van der Waals surface area contributed by atoms with Gasteiger partial charge in [-0.15, -0.1) is 0 Å². The predicted molar refractivity (Wildman–Crippen MR) is 84.7 cm³/mol. The number of nitro groups is 1. The van der Waals surface area contributed by atoms with Gasteiger partial charge in [0.1, 0.15) is 17.4 Å². The average molecular weight is 346 g/mol. The molecule has 1 aliphatic rings. The number of amides is 1. The fourth-order valence-corrected chi connectivity index (χ4v) is 2.40. The Bertz CT molecular complexity index is 747. The van der Waals surface area contributed by atoms with Crippen LogP contribution in [0.4, 0.5) is 5.69 Å². The maximum absolute atomic E-state index is 12.1. The molecule has 132 valence electrons. The summed E-state index contributed by atoms with van der Waals surface area (Å²) in [6.45, 7) is 0.924. The van der Waals surface area contributed by atoms with Crippen LogP contribution in [0.2, 0.25) is 0 Å². The molecule has 9 nitrogen and oxygen atoms in total. The first kappa shape index (κ1) is 18.2. The van der Waals surface area contributed by atoms with Crippen molar-refractivity contribution >= 4 is 17.7 Å². The van der Waals surface area contributed by atoms with Crippen LogP contribution < -0.4 is 15.2 Å². The number of ether oxygens (including phenoxy) is 2. The molecular formula is C16H16N3O6-. The maximum atomic E-state index is 12.1. The van der Waals surface area contributed by atoms with Crippen molar-refractivity contribution in [2.45, 2.75) is 18.9 Å². The van der Waals surface area contributed by atoms with Gasteiger partial charge in [0.05, 0.1) is 18.1 Å². The predicted octanol–water partition coefficient (Wildman–Crippen LogP) is 0.879. The van der Waals surface area contributed by atoms with Crippen LogP contribution in [0.15, 0.2) is 17.7 Å². The number of hydrogen-bond donors (Lipinski definition) is 1. The summed E-state index contributed by atoms with van der Waals surface area (Å²) < 4.78 is 10.2. The first-order valence-electron chi connectivity index (χ1n) is 7.51. The van der Waals surface area contributed by atoms with E-state index in [1.165, 1.54) is 19.3 Å². The van der Waals surface area contributed by atoms with Crippen LogP contribution in [0.25, 0.3) is 6.08 Å². The van der Waals surface area contributed by atoms with Crippen molar-refractivity contribution < 1.29 is 24.3 Å². The van der Waals surface area contributed by atoms with E-state index in [2.05, 4.69) is 5.32 Å². The number of nitro benzene ring substituents is 1. The van der Waals surface area contributed by atoms with Gasteiger partial charge in [-0.05, 0) is 30.5 Å². The van der Waals surface area contributed by atoms with Crippen molar-refractivity contribution in [1.29, 1.82) is 5.26 Å². The molecule has 0 saturated carbocycles. The van der Waals surface area contributed by atoms with Gasteiger partial charge in [-0.3, -0.25) is 14.9 Å². The third-order valence-electron chi connectivity index (χ3n) is 3.66. The van der Waals surface area contributed by atoms with Crippen molar-refractivity contribution in [3.63, 3.8) is 0 Å². The normalized spacial score (nSPS) is 17.0. The number of nitrogens with zero attached hydrogens (tertiary/aromatic N) is 2. The van der Waals surface area contributed by atoms with Crippen LogP contribution in [0.5, 0.6) is 11.5 Å². The SMILES string of the molecule is COc1cc(/C=C(\C#N)C(=O)NC[C@@H]2CCCO2)cc([N+](=O)[O-])c1[O-]. The zero-order valence-corrected chi connectivity index (χ0v) is 13.5. The molecule has 1 aromatic carbocycles. The number of nitrogens with one attached hydrogen (secondary N) is 1. The van der Waals surface area contributed by atoms with E-state index in [1.807, 2.05) is 0 Å². The average Bonchev–Trinajstić information content (AvgIpc) is 3.11. The molecule has 1 saturated heterocycles. The van der Waals surface area contributed by atoms with E-state index in [0.717, 1.165) is 18.9 Å². The highest BCUT2D eigenvalue weighted by atomic mass is 16.6. The Kier molecular flexibility index (Phi) is 5.92. The van der Waals surface area contributed by atoms with Crippen molar-refractivity contribution in [1.82, 2.24) is 5.32 Å². The van der Waals surface area contributed by atoms with Crippen LogP contribution in [-0.4, -0.2) is 37.2 Å². The van der Waals surface area contributed by atoms with Gasteiger partial charge in [0.15, 0.2) is 0 Å². The minimum absolute atomic E-state index is 0.0789. The van der Waals surface area contributed by atoms with Crippen LogP contribution >= 0.6 is 0 Å². The lowest BCUT2D eigenvalue weighted by molar-refractivity contribution is -0.398. The Balaban J connectivity index is 2.23. The summed E-state index contributed by atoms with van der Waals surface area (Å²) in [5, 5.41) is 34.5. The Morgan fingerprint density at radius 1 is 1.60 bits per heavy atom. The summed E-state index contributed by atoms with van der Waals surface area (Å²) in [5.41, 5.74) is -0.789. The Morgan fingerprint density at radius 3 is 2.92 bits per heavy atom. The monoisotopic (exact) mass is 346 g/mol. The second-order valence-electron chi connectivity index (χ2n) is 5.34. The highest BCUT2D eigenvalue weighted by Gasteiger charge is 2.18. The summed E-state index contributed by atoms with van der Waals surface area (Å²) in [6, 6.07) is 3.98. The van der Waals surface area contributed by atoms with Crippen molar-refractivity contribution in [3.05, 3.63) is 33.4 Å². The lowest BCUT2D eigenvalue weighted by Crippen LogP contribution is -2.32. The van der Waals surface area contributed by atoms with Gasteiger partial charge in [-0.1, -0.05) is 0 Å². The lowest BCUT2D eigenvalue weighted by Gasteiger charge is -2.13. The summed E-state index contributed by atoms with van der Waals surface area (Å²) in [4.78, 5) is 22.2. The molecule has 2 rings (SSSR count). The third-order valence-corrected chi connectivity index (χ3v) is 3.66. The smallest absolute Gasteiger partial charge is 0.266 e. The molecule has 1 fully saturated rings. The number of carbonyl (C=O) groups is 1. The first-order chi connectivity index (χ1) is 12.0. The molecule has 0 unspecified atom stereocenters. The van der Waals surface area contributed by atoms with Gasteiger partial charge in [0.25, 0.3) is 11.6 Å². The minimum atomic E-state index is -0.869. The number of hydrogen-bond acceptors (Lipinski definition) is 7. The van der Waals surface area contributed by atoms with Crippen molar-refractivity contribution in [3.8, 4) is 17.6 Å². The number of methoxy groups -OCH3 is 1. The summed E-state index contributed by atoms with van der Waals surface area (Å²) in [5.74, 6) is -1.73. The Labute approximate surface area is 143 Å². The molecule has 0 aliphatic carbocycles. The highest BCUT2D eigenvalue weighted by molar-refractivity contribution is 6.01. The van der Waals surface area contributed by atoms with Gasteiger partial charge in [0, 0.05) is 25.0 Å². The second kappa shape index (κ2) is 8.12. The van der Waals surface area contributed by atoms with E-state index < -0.39 is 22.3 Å². The van der Waals surface area contributed by atoms with E-state index in [-0.39, 0.29) is 29.5 Å². The van der Waals surface area contributed by atoms with Crippen LogP contribution in [0.1, 0.15) is 18.4 Å². The Hall–Kier alpha value is -3.12. The van der Waals surface area contributed by atoms with E-state index in [0.29, 0.717) is 6.61 Å². The lowest BCUT2D eigenvalue weighted by atomic mass is 10.1. The third kappa shape index (κ3) is 4.45. The number of carbonyl (C=O) groups excluding carboxylic acids is 1. The summed E-state index contributed by atoms with van der Waals surface area (Å²) in [6.07, 6.45) is 2.84. The largest absolute Gasteiger partial charge is 0.865 e. The van der Waals surface area contributed by atoms with E-state index in [1.54, 1.807) is 6.07 Å². The fourth-order valence-electron chi connectivity index (χ4n) is 2.40. The molecule has 0 spiro atoms. The molecule has 25 heavy (non-hydrogen) atoms. The summed E-state index contributed by atoms with van der Waals surface area (Å²) in [7, 11) is 1.20. The number of nitriles is 1. The number of rotatable bonds is 6. The second-order valence-corrected chi connectivity index (χ2v) is 5.34. The molecule has 1 aromatic rings. The first-order valence-corrected chi connectivity index (χ1v) is 7.51. The molecule has 1 atom stereocenters. The van der Waals surface area contributed by atoms with E-state index in [4.69, 9.17) is 9.47 Å². The van der Waals surface area contributed by atoms with Gasteiger partial charge >= 0.3 is 0 Å². The molecule has 1 aliphatic heterocycles. The molecule has 0 bridgehead atoms. The van der Waals surface area contributed by atoms with Crippen LogP contribution in [0, 0.1) is 21.4 Å². The van der Waals surface area contributed by atoms with E-state index >= 15 is 0 Å². The zero-order chi connectivity index (χ0) is 18.4. The molecular weight excluding hydrogens is 330 g/mol. The Morgan fingerprint density at radius 2 is 2.36 bits per heavy atom. The number of benzene rings is 1. The molecule has 0 radical (unpaired) electrons. The van der Waals surface area contributed by atoms with Crippen LogP contribution in [-0.2, 0) is 9.53 Å². The molecule has 1 heterocycles. The van der Waals surface area contributed by atoms with Crippen molar-refractivity contribution in [2.24, 2.45) is 0 Å². The van der Waals surface area contributed by atoms with Crippen molar-refractivity contribution in [2.75, 3.05) is 20.3 Å². The topological polar surface area (TPSA) is 138 Å². The van der Waals surface area contributed by atoms with E-state index in [9.17, 15) is 25.3 Å². The quantitative estimate of drug-likeness (QED) is 0.349. The van der Waals surface area contributed by atoms with Crippen LogP contribution in [0.3, 0.4) is 0 Å². The molecule has 9 heteroatoms. The maximum Gasteiger partial charge on any atom is 0.266 e. The molecule has 0 aromatic heterocycles. The molecule has 1 N–H and O–H groups in total. The van der Waals surface area contributed by atoms with Gasteiger partial charge in [-0.2, -0.15) is 5.26 Å². The highest BCUT2D eigenvalue weighted by Crippen LogP contribution is 2.35. The standard InChI is InChI=1S/C16H17N3O6/c1-24-14-7-10(6-13(15(14)20)19(22)23)5-11(8-17)16(21)18-9-12-3-2-4-25-12/h5-7,12,20H,2-4,9H2,1H3,(H,18,21)/p-1/b11-5+/t12-/m0/s1. The summed E-state index contributed by atoms with van der Waals surface area (Å²) >= 11 is 0. The zero-order valence-electron chi connectivity index (χ0n) is 13.5. The minimum Gasteiger partial charge on any atom is -0.865 e. The van der Waals surface area contributed by atoms with Gasteiger partial charge in [-0.25, -0.2) is 0 Å².